The molecule has 2 bridgehead atoms. The van der Waals surface area contributed by atoms with E-state index in [1.54, 1.807) is 0 Å². The molecule has 0 aromatic carbocycles. The number of halogens is 2. The number of fused-ring (bicyclic) bond motifs is 1. The molecule has 0 saturated heterocycles. The lowest BCUT2D eigenvalue weighted by Crippen LogP contribution is -2.51. The molecule has 0 radical (unpaired) electrons. The van der Waals surface area contributed by atoms with Gasteiger partial charge in [-0.05, 0) is 43.4 Å². The van der Waals surface area contributed by atoms with E-state index in [1.807, 2.05) is 0 Å². The van der Waals surface area contributed by atoms with Gasteiger partial charge in [0.25, 0.3) is 6.43 Å². The van der Waals surface area contributed by atoms with Crippen molar-refractivity contribution < 1.29 is 8.78 Å². The second-order valence-corrected chi connectivity index (χ2v) is 6.30. The van der Waals surface area contributed by atoms with E-state index in [0.717, 1.165) is 24.3 Å². The van der Waals surface area contributed by atoms with Gasteiger partial charge in [0.15, 0.2) is 0 Å². The van der Waals surface area contributed by atoms with Gasteiger partial charge in [-0.2, -0.15) is 0 Å². The third-order valence-electron chi connectivity index (χ3n) is 4.67. The van der Waals surface area contributed by atoms with Crippen molar-refractivity contribution in [2.75, 3.05) is 0 Å². The third-order valence-corrected chi connectivity index (χ3v) is 4.67. The lowest BCUT2D eigenvalue weighted by molar-refractivity contribution is -0.0153. The Morgan fingerprint density at radius 3 is 2.62 bits per heavy atom. The smallest absolute Gasteiger partial charge is 0.256 e. The Morgan fingerprint density at radius 2 is 2.19 bits per heavy atom. The van der Waals surface area contributed by atoms with Crippen LogP contribution in [0.5, 0.6) is 0 Å². The molecule has 92 valence electrons. The molecule has 0 aliphatic heterocycles. The molecule has 1 fully saturated rings. The second-order valence-electron chi connectivity index (χ2n) is 6.30. The topological polar surface area (TPSA) is 26.0 Å². The molecule has 2 N–H and O–H groups in total. The number of alkyl halides is 2. The van der Waals surface area contributed by atoms with Gasteiger partial charge >= 0.3 is 0 Å². The Kier molecular flexibility index (Phi) is 2.65. The van der Waals surface area contributed by atoms with E-state index >= 15 is 0 Å². The zero-order valence-corrected chi connectivity index (χ0v) is 10.3. The molecule has 1 nitrogen and oxygen atoms in total. The lowest BCUT2D eigenvalue weighted by Gasteiger charge is -2.57. The average molecular weight is 229 g/mol. The van der Waals surface area contributed by atoms with Crippen LogP contribution in [0.25, 0.3) is 0 Å². The van der Waals surface area contributed by atoms with E-state index in [-0.39, 0.29) is 0 Å². The summed E-state index contributed by atoms with van der Waals surface area (Å²) < 4.78 is 25.5. The van der Waals surface area contributed by atoms with Crippen LogP contribution >= 0.6 is 0 Å². The lowest BCUT2D eigenvalue weighted by atomic mass is 9.48. The van der Waals surface area contributed by atoms with Crippen LogP contribution in [0.3, 0.4) is 0 Å². The first-order chi connectivity index (χ1) is 7.25. The van der Waals surface area contributed by atoms with Crippen LogP contribution in [0.4, 0.5) is 8.78 Å². The Bertz CT molecular complexity index is 318. The number of allylic oxidation sites excluding steroid dienone is 1. The van der Waals surface area contributed by atoms with Crippen molar-refractivity contribution in [2.45, 2.75) is 52.0 Å². The number of rotatable bonds is 3. The molecular formula is C13H21F2N. The van der Waals surface area contributed by atoms with Gasteiger partial charge in [0.2, 0.25) is 0 Å². The van der Waals surface area contributed by atoms with Crippen LogP contribution in [0.1, 0.15) is 40.0 Å². The average Bonchev–Trinajstić information content (AvgIpc) is 2.16. The van der Waals surface area contributed by atoms with Gasteiger partial charge in [-0.25, -0.2) is 8.78 Å². The molecule has 0 aromatic rings. The first kappa shape index (κ1) is 12.0. The van der Waals surface area contributed by atoms with Crippen LogP contribution < -0.4 is 5.73 Å². The molecule has 3 aliphatic rings. The van der Waals surface area contributed by atoms with Crippen molar-refractivity contribution in [1.29, 1.82) is 0 Å². The minimum atomic E-state index is -2.45. The molecule has 3 heteroatoms. The maximum absolute atomic E-state index is 12.7. The molecule has 0 aromatic heterocycles. The maximum atomic E-state index is 12.7. The van der Waals surface area contributed by atoms with Gasteiger partial charge in [0, 0.05) is 0 Å². The highest BCUT2D eigenvalue weighted by molar-refractivity contribution is 5.25. The molecule has 16 heavy (non-hydrogen) atoms. The van der Waals surface area contributed by atoms with Crippen molar-refractivity contribution in [1.82, 2.24) is 0 Å². The summed E-state index contributed by atoms with van der Waals surface area (Å²) in [5.41, 5.74) is 5.76. The molecule has 1 saturated carbocycles. The molecule has 0 spiro atoms. The Morgan fingerprint density at radius 1 is 1.56 bits per heavy atom. The molecule has 3 unspecified atom stereocenters. The summed E-state index contributed by atoms with van der Waals surface area (Å²) >= 11 is 0. The molecule has 0 heterocycles. The summed E-state index contributed by atoms with van der Waals surface area (Å²) in [5, 5.41) is 0. The third kappa shape index (κ3) is 1.69. The zero-order chi connectivity index (χ0) is 12.1. The van der Waals surface area contributed by atoms with Crippen LogP contribution in [0.2, 0.25) is 0 Å². The van der Waals surface area contributed by atoms with Crippen LogP contribution in [-0.2, 0) is 0 Å². The first-order valence-electron chi connectivity index (χ1n) is 6.01. The summed E-state index contributed by atoms with van der Waals surface area (Å²) in [6.07, 6.45) is 2.24. The number of hydrogen-bond acceptors (Lipinski definition) is 1. The summed E-state index contributed by atoms with van der Waals surface area (Å²) in [6, 6.07) is 0. The maximum Gasteiger partial charge on any atom is 0.256 e. The highest BCUT2D eigenvalue weighted by Gasteiger charge is 2.52. The fourth-order valence-corrected chi connectivity index (χ4v) is 3.19. The van der Waals surface area contributed by atoms with Gasteiger partial charge in [-0.3, -0.25) is 0 Å². The van der Waals surface area contributed by atoms with E-state index in [4.69, 9.17) is 5.73 Å². The quantitative estimate of drug-likeness (QED) is 0.738. The van der Waals surface area contributed by atoms with Crippen molar-refractivity contribution in [2.24, 2.45) is 23.0 Å². The molecule has 3 rings (SSSR count). The van der Waals surface area contributed by atoms with E-state index in [2.05, 4.69) is 19.9 Å². The van der Waals surface area contributed by atoms with E-state index in [9.17, 15) is 8.78 Å². The van der Waals surface area contributed by atoms with Crippen molar-refractivity contribution in [3.8, 4) is 0 Å². The summed E-state index contributed by atoms with van der Waals surface area (Å²) in [5.74, 6) is 1.23. The van der Waals surface area contributed by atoms with Crippen molar-refractivity contribution in [3.63, 3.8) is 0 Å². The molecular weight excluding hydrogens is 208 g/mol. The van der Waals surface area contributed by atoms with Crippen LogP contribution in [0.15, 0.2) is 11.6 Å². The fourth-order valence-electron chi connectivity index (χ4n) is 3.19. The van der Waals surface area contributed by atoms with Gasteiger partial charge in [-0.1, -0.05) is 25.5 Å². The Labute approximate surface area is 96.1 Å². The van der Waals surface area contributed by atoms with Gasteiger partial charge in [-0.15, -0.1) is 0 Å². The van der Waals surface area contributed by atoms with Crippen LogP contribution in [-0.4, -0.2) is 12.0 Å². The first-order valence-corrected chi connectivity index (χ1v) is 6.01. The van der Waals surface area contributed by atoms with Gasteiger partial charge in [0.1, 0.15) is 0 Å². The Balaban J connectivity index is 2.10. The van der Waals surface area contributed by atoms with Crippen molar-refractivity contribution in [3.05, 3.63) is 11.6 Å². The standard InChI is InChI=1S/C13H21F2N/c1-12(2)9-5-4-8(10(12)6-9)7-13(3,16)11(14)15/h4,9-11H,5-7,16H2,1-3H3. The molecule has 0 amide bonds. The normalized spacial score (nSPS) is 35.3. The largest absolute Gasteiger partial charge is 0.320 e. The monoisotopic (exact) mass is 229 g/mol. The molecule has 3 atom stereocenters. The predicted molar refractivity (Wildman–Crippen MR) is 61.3 cm³/mol. The van der Waals surface area contributed by atoms with Crippen molar-refractivity contribution >= 4 is 0 Å². The minimum Gasteiger partial charge on any atom is -0.320 e. The van der Waals surface area contributed by atoms with Gasteiger partial charge < -0.3 is 5.73 Å². The summed E-state index contributed by atoms with van der Waals surface area (Å²) in [6.45, 7) is 5.94. The number of nitrogens with two attached hydrogens (primary N) is 1. The highest BCUT2D eigenvalue weighted by atomic mass is 19.3. The van der Waals surface area contributed by atoms with E-state index < -0.39 is 12.0 Å². The minimum absolute atomic E-state index is 0.294. The zero-order valence-electron chi connectivity index (χ0n) is 10.3. The fraction of sp³-hybridized carbons (Fsp3) is 0.846. The number of hydrogen-bond donors (Lipinski definition) is 1. The summed E-state index contributed by atoms with van der Waals surface area (Å²) in [7, 11) is 0. The SMILES string of the molecule is CC(N)(CC1=CCC2CC1C2(C)C)C(F)F. The molecule has 3 aliphatic carbocycles. The highest BCUT2D eigenvalue weighted by Crippen LogP contribution is 2.60. The Hall–Kier alpha value is -0.440. The predicted octanol–water partition coefficient (Wildman–Crippen LogP) is 3.35. The van der Waals surface area contributed by atoms with Crippen LogP contribution in [0, 0.1) is 17.3 Å². The van der Waals surface area contributed by atoms with Gasteiger partial charge in [0.05, 0.1) is 5.54 Å². The summed E-state index contributed by atoms with van der Waals surface area (Å²) in [4.78, 5) is 0. The second kappa shape index (κ2) is 3.52. The van der Waals surface area contributed by atoms with E-state index in [0.29, 0.717) is 17.8 Å². The van der Waals surface area contributed by atoms with E-state index in [1.165, 1.54) is 6.92 Å².